The second-order valence-electron chi connectivity index (χ2n) is 5.14. The van der Waals surface area contributed by atoms with E-state index in [0.29, 0.717) is 11.4 Å². The van der Waals surface area contributed by atoms with Crippen LogP contribution in [0, 0.1) is 0 Å². The predicted molar refractivity (Wildman–Crippen MR) is 73.9 cm³/mol. The van der Waals surface area contributed by atoms with Crippen LogP contribution in [0.1, 0.15) is 10.5 Å². The van der Waals surface area contributed by atoms with Crippen LogP contribution in [-0.2, 0) is 0 Å². The Labute approximate surface area is 113 Å². The van der Waals surface area contributed by atoms with Crippen molar-refractivity contribution in [1.29, 1.82) is 0 Å². The molecule has 2 rings (SSSR count). The third kappa shape index (κ3) is 3.45. The van der Waals surface area contributed by atoms with Crippen LogP contribution >= 0.6 is 0 Å². The lowest BCUT2D eigenvalue weighted by Crippen LogP contribution is -2.50. The summed E-state index contributed by atoms with van der Waals surface area (Å²) in [5, 5.41) is 6.46. The number of carbonyl (C=O) groups excluding carboxylic acids is 1. The van der Waals surface area contributed by atoms with Gasteiger partial charge >= 0.3 is 0 Å². The quantitative estimate of drug-likeness (QED) is 0.754. The number of hydrogen-bond acceptors (Lipinski definition) is 5. The van der Waals surface area contributed by atoms with Crippen molar-refractivity contribution in [3.05, 3.63) is 11.9 Å². The third-order valence-electron chi connectivity index (χ3n) is 3.41. The first-order valence-electron chi connectivity index (χ1n) is 6.53. The molecule has 7 nitrogen and oxygen atoms in total. The van der Waals surface area contributed by atoms with E-state index < -0.39 is 0 Å². The Hall–Kier alpha value is -1.60. The molecule has 1 aliphatic rings. The number of amides is 1. The van der Waals surface area contributed by atoms with Crippen LogP contribution < -0.4 is 5.73 Å². The van der Waals surface area contributed by atoms with Gasteiger partial charge < -0.3 is 15.5 Å². The smallest absolute Gasteiger partial charge is 0.274 e. The lowest BCUT2D eigenvalue weighted by molar-refractivity contribution is 0.0625. The average molecular weight is 266 g/mol. The molecule has 0 radical (unpaired) electrons. The van der Waals surface area contributed by atoms with Crippen LogP contribution in [-0.4, -0.2) is 84.2 Å². The van der Waals surface area contributed by atoms with Gasteiger partial charge in [0.1, 0.15) is 5.69 Å². The lowest BCUT2D eigenvalue weighted by atomic mass is 10.2. The number of nitrogens with two attached hydrogens (primary N) is 1. The molecule has 0 atom stereocenters. The molecule has 2 heterocycles. The van der Waals surface area contributed by atoms with Crippen molar-refractivity contribution in [2.45, 2.75) is 0 Å². The molecule has 0 aromatic carbocycles. The van der Waals surface area contributed by atoms with Crippen molar-refractivity contribution in [1.82, 2.24) is 24.9 Å². The Morgan fingerprint density at radius 3 is 2.63 bits per heavy atom. The van der Waals surface area contributed by atoms with Gasteiger partial charge in [-0.25, -0.2) is 0 Å². The van der Waals surface area contributed by atoms with Crippen LogP contribution in [0.2, 0.25) is 0 Å². The lowest BCUT2D eigenvalue weighted by Gasteiger charge is -2.35. The molecule has 7 heteroatoms. The molecule has 1 aromatic heterocycles. The molecule has 0 spiro atoms. The van der Waals surface area contributed by atoms with Gasteiger partial charge in [-0.3, -0.25) is 14.8 Å². The molecule has 3 N–H and O–H groups in total. The molecule has 1 amide bonds. The summed E-state index contributed by atoms with van der Waals surface area (Å²) in [5.41, 5.74) is 6.52. The number of hydrogen-bond donors (Lipinski definition) is 2. The highest BCUT2D eigenvalue weighted by molar-refractivity contribution is 5.97. The van der Waals surface area contributed by atoms with Gasteiger partial charge in [0.15, 0.2) is 0 Å². The number of carbonyl (C=O) groups is 1. The van der Waals surface area contributed by atoms with Gasteiger partial charge in [0.05, 0.1) is 11.9 Å². The van der Waals surface area contributed by atoms with Gasteiger partial charge in [0.25, 0.3) is 5.91 Å². The minimum absolute atomic E-state index is 0.0535. The number of likely N-dealkylation sites (N-methyl/N-ethyl adjacent to an activating group) is 1. The van der Waals surface area contributed by atoms with E-state index in [1.807, 2.05) is 4.90 Å². The van der Waals surface area contributed by atoms with Crippen molar-refractivity contribution in [3.8, 4) is 0 Å². The first kappa shape index (κ1) is 13.8. The minimum atomic E-state index is -0.0535. The summed E-state index contributed by atoms with van der Waals surface area (Å²) in [5.74, 6) is -0.0535. The van der Waals surface area contributed by atoms with Gasteiger partial charge in [-0.2, -0.15) is 5.10 Å². The average Bonchev–Trinajstić information content (AvgIpc) is 2.82. The maximum absolute atomic E-state index is 12.2. The van der Waals surface area contributed by atoms with Gasteiger partial charge in [-0.05, 0) is 14.1 Å². The molecule has 1 aromatic rings. The number of nitrogens with zero attached hydrogens (tertiary/aromatic N) is 4. The van der Waals surface area contributed by atoms with Crippen LogP contribution in [0.25, 0.3) is 0 Å². The summed E-state index contributed by atoms with van der Waals surface area (Å²) in [6, 6.07) is 0. The molecule has 1 saturated heterocycles. The summed E-state index contributed by atoms with van der Waals surface area (Å²) in [6.07, 6.45) is 1.47. The zero-order chi connectivity index (χ0) is 13.8. The standard InChI is InChI=1S/C12H22N6O/c1-16(2)3-4-17-5-7-18(8-6-17)12(19)11-10(13)9-14-15-11/h9H,3-8,13H2,1-2H3,(H,14,15). The third-order valence-corrected chi connectivity index (χ3v) is 3.41. The maximum atomic E-state index is 12.2. The number of aromatic nitrogens is 2. The second kappa shape index (κ2) is 6.03. The largest absolute Gasteiger partial charge is 0.396 e. The van der Waals surface area contributed by atoms with Crippen LogP contribution in [0.3, 0.4) is 0 Å². The van der Waals surface area contributed by atoms with Gasteiger partial charge in [-0.15, -0.1) is 0 Å². The minimum Gasteiger partial charge on any atom is -0.396 e. The fourth-order valence-corrected chi connectivity index (χ4v) is 2.14. The van der Waals surface area contributed by atoms with Crippen LogP contribution in [0.15, 0.2) is 6.20 Å². The molecular weight excluding hydrogens is 244 g/mol. The first-order valence-corrected chi connectivity index (χ1v) is 6.53. The first-order chi connectivity index (χ1) is 9.08. The monoisotopic (exact) mass is 266 g/mol. The van der Waals surface area contributed by atoms with E-state index >= 15 is 0 Å². The summed E-state index contributed by atoms with van der Waals surface area (Å²) in [6.45, 7) is 5.39. The van der Waals surface area contributed by atoms with E-state index in [0.717, 1.165) is 39.3 Å². The zero-order valence-corrected chi connectivity index (χ0v) is 11.6. The fraction of sp³-hybridized carbons (Fsp3) is 0.667. The summed E-state index contributed by atoms with van der Waals surface area (Å²) in [4.78, 5) is 18.6. The highest BCUT2D eigenvalue weighted by Gasteiger charge is 2.24. The molecule has 19 heavy (non-hydrogen) atoms. The Balaban J connectivity index is 1.83. The van der Waals surface area contributed by atoms with Gasteiger partial charge in [0.2, 0.25) is 0 Å². The number of rotatable bonds is 4. The number of anilines is 1. The van der Waals surface area contributed by atoms with E-state index in [1.165, 1.54) is 6.20 Å². The molecule has 0 unspecified atom stereocenters. The maximum Gasteiger partial charge on any atom is 0.274 e. The molecule has 106 valence electrons. The predicted octanol–water partition coefficient (Wildman–Crippen LogP) is -0.689. The highest BCUT2D eigenvalue weighted by Crippen LogP contribution is 2.12. The fourth-order valence-electron chi connectivity index (χ4n) is 2.14. The van der Waals surface area contributed by atoms with E-state index in [2.05, 4.69) is 34.1 Å². The summed E-state index contributed by atoms with van der Waals surface area (Å²) < 4.78 is 0. The van der Waals surface area contributed by atoms with Gasteiger partial charge in [-0.1, -0.05) is 0 Å². The molecular formula is C12H22N6O. The van der Waals surface area contributed by atoms with Crippen LogP contribution in [0.4, 0.5) is 5.69 Å². The topological polar surface area (TPSA) is 81.5 Å². The summed E-state index contributed by atoms with van der Waals surface area (Å²) >= 11 is 0. The van der Waals surface area contributed by atoms with Crippen molar-refractivity contribution in [2.24, 2.45) is 0 Å². The molecule has 0 bridgehead atoms. The number of nitrogens with one attached hydrogen (secondary N) is 1. The van der Waals surface area contributed by atoms with E-state index in [4.69, 9.17) is 5.73 Å². The van der Waals surface area contributed by atoms with Crippen molar-refractivity contribution < 1.29 is 4.79 Å². The van der Waals surface area contributed by atoms with E-state index in [9.17, 15) is 4.79 Å². The van der Waals surface area contributed by atoms with Gasteiger partial charge in [0, 0.05) is 39.3 Å². The van der Waals surface area contributed by atoms with Crippen molar-refractivity contribution >= 4 is 11.6 Å². The highest BCUT2D eigenvalue weighted by atomic mass is 16.2. The number of aromatic amines is 1. The Kier molecular flexibility index (Phi) is 4.39. The molecule has 1 fully saturated rings. The van der Waals surface area contributed by atoms with Crippen molar-refractivity contribution in [2.75, 3.05) is 59.1 Å². The van der Waals surface area contributed by atoms with E-state index in [-0.39, 0.29) is 5.91 Å². The van der Waals surface area contributed by atoms with Crippen LogP contribution in [0.5, 0.6) is 0 Å². The molecule has 0 saturated carbocycles. The Morgan fingerprint density at radius 2 is 2.11 bits per heavy atom. The number of nitrogen functional groups attached to an aromatic ring is 1. The Bertz CT molecular complexity index is 422. The molecule has 0 aliphatic carbocycles. The molecule has 1 aliphatic heterocycles. The normalized spacial score (nSPS) is 17.1. The SMILES string of the molecule is CN(C)CCN1CCN(C(=O)c2[nH]ncc2N)CC1. The van der Waals surface area contributed by atoms with Crippen molar-refractivity contribution in [3.63, 3.8) is 0 Å². The summed E-state index contributed by atoms with van der Waals surface area (Å²) in [7, 11) is 4.14. The van der Waals surface area contributed by atoms with E-state index in [1.54, 1.807) is 0 Å². The number of piperazine rings is 1. The number of H-pyrrole nitrogens is 1. The second-order valence-corrected chi connectivity index (χ2v) is 5.14. The Morgan fingerprint density at radius 1 is 1.42 bits per heavy atom. The zero-order valence-electron chi connectivity index (χ0n) is 11.6.